The van der Waals surface area contributed by atoms with Crippen LogP contribution in [0.25, 0.3) is 0 Å². The van der Waals surface area contributed by atoms with E-state index in [-0.39, 0.29) is 17.5 Å². The van der Waals surface area contributed by atoms with Crippen LogP contribution in [0.4, 0.5) is 8.78 Å². The quantitative estimate of drug-likeness (QED) is 0.753. The van der Waals surface area contributed by atoms with Gasteiger partial charge in [-0.25, -0.2) is 0 Å². The van der Waals surface area contributed by atoms with E-state index in [4.69, 9.17) is 0 Å². The summed E-state index contributed by atoms with van der Waals surface area (Å²) in [7, 11) is 0. The Morgan fingerprint density at radius 2 is 2.20 bits per heavy atom. The zero-order valence-electron chi connectivity index (χ0n) is 8.17. The number of alkyl halides is 2. The Hall–Kier alpha value is -1.45. The second-order valence-corrected chi connectivity index (χ2v) is 3.63. The topological polar surface area (TPSA) is 26.3 Å². The molecule has 0 amide bonds. The molecule has 0 fully saturated rings. The molecule has 0 heterocycles. The van der Waals surface area contributed by atoms with Crippen LogP contribution in [0.1, 0.15) is 22.8 Å². The van der Waals surface area contributed by atoms with Gasteiger partial charge in [0.15, 0.2) is 5.78 Å². The van der Waals surface area contributed by atoms with Crippen LogP contribution in [-0.4, -0.2) is 12.4 Å². The summed E-state index contributed by atoms with van der Waals surface area (Å²) in [6.45, 7) is -1.06. The molecule has 2 nitrogen and oxygen atoms in total. The first-order chi connectivity index (χ1) is 7.09. The molecule has 0 saturated heterocycles. The maximum Gasteiger partial charge on any atom is 0.387 e. The predicted octanol–water partition coefficient (Wildman–Crippen LogP) is 2.66. The summed E-state index contributed by atoms with van der Waals surface area (Å²) in [5.74, 6) is -0.00709. The average Bonchev–Trinajstić information content (AvgIpc) is 2.45. The van der Waals surface area contributed by atoms with Gasteiger partial charge in [-0.2, -0.15) is 8.78 Å². The molecule has 0 radical (unpaired) electrons. The summed E-state index contributed by atoms with van der Waals surface area (Å²) in [6.07, 6.45) is 0.483. The van der Waals surface area contributed by atoms with E-state index in [1.54, 1.807) is 19.1 Å². The first-order valence-electron chi connectivity index (χ1n) is 4.70. The van der Waals surface area contributed by atoms with E-state index in [9.17, 15) is 13.6 Å². The SMILES string of the molecule is CC1Cc2c(OC(F)F)cccc2C1=O. The predicted molar refractivity (Wildman–Crippen MR) is 50.3 cm³/mol. The first kappa shape index (κ1) is 10.1. The van der Waals surface area contributed by atoms with Crippen molar-refractivity contribution in [2.75, 3.05) is 0 Å². The van der Waals surface area contributed by atoms with Gasteiger partial charge in [-0.3, -0.25) is 4.79 Å². The van der Waals surface area contributed by atoms with Gasteiger partial charge in [0.05, 0.1) is 0 Å². The van der Waals surface area contributed by atoms with Crippen LogP contribution in [0.15, 0.2) is 18.2 Å². The Labute approximate surface area is 85.9 Å². The van der Waals surface area contributed by atoms with E-state index in [2.05, 4.69) is 4.74 Å². The van der Waals surface area contributed by atoms with Crippen LogP contribution >= 0.6 is 0 Å². The lowest BCUT2D eigenvalue weighted by molar-refractivity contribution is -0.0504. The van der Waals surface area contributed by atoms with Gasteiger partial charge in [0, 0.05) is 17.0 Å². The molecule has 0 saturated carbocycles. The summed E-state index contributed by atoms with van der Waals surface area (Å²) in [6, 6.07) is 4.68. The minimum Gasteiger partial charge on any atom is -0.435 e. The molecule has 0 bridgehead atoms. The first-order valence-corrected chi connectivity index (χ1v) is 4.70. The van der Waals surface area contributed by atoms with Gasteiger partial charge in [0.25, 0.3) is 0 Å². The summed E-state index contributed by atoms with van der Waals surface area (Å²) in [5, 5.41) is 0. The number of fused-ring (bicyclic) bond motifs is 1. The number of halogens is 2. The number of rotatable bonds is 2. The number of carbonyl (C=O) groups is 1. The number of ketones is 1. The van der Waals surface area contributed by atoms with E-state index >= 15 is 0 Å². The maximum atomic E-state index is 12.1. The number of hydrogen-bond donors (Lipinski definition) is 0. The van der Waals surface area contributed by atoms with E-state index in [1.165, 1.54) is 6.07 Å². The van der Waals surface area contributed by atoms with Crippen LogP contribution in [0.5, 0.6) is 5.75 Å². The fourth-order valence-electron chi connectivity index (χ4n) is 1.88. The van der Waals surface area contributed by atoms with Crippen molar-refractivity contribution in [1.29, 1.82) is 0 Å². The Bertz CT molecular complexity index is 402. The third-order valence-corrected chi connectivity index (χ3v) is 2.57. The highest BCUT2D eigenvalue weighted by molar-refractivity contribution is 6.02. The minimum absolute atomic E-state index is 0.00437. The molecule has 80 valence electrons. The summed E-state index contributed by atoms with van der Waals surface area (Å²) >= 11 is 0. The van der Waals surface area contributed by atoms with Crippen molar-refractivity contribution in [3.05, 3.63) is 29.3 Å². The standard InChI is InChI=1S/C11H10F2O2/c1-6-5-8-7(10(6)14)3-2-4-9(8)15-11(12)13/h2-4,6,11H,5H2,1H3. The zero-order valence-corrected chi connectivity index (χ0v) is 8.17. The lowest BCUT2D eigenvalue weighted by atomic mass is 10.1. The number of benzene rings is 1. The number of carbonyl (C=O) groups excluding carboxylic acids is 1. The van der Waals surface area contributed by atoms with Crippen LogP contribution in [0.2, 0.25) is 0 Å². The van der Waals surface area contributed by atoms with Crippen molar-refractivity contribution in [3.63, 3.8) is 0 Å². The Morgan fingerprint density at radius 1 is 1.47 bits per heavy atom. The smallest absolute Gasteiger partial charge is 0.387 e. The third kappa shape index (κ3) is 1.71. The van der Waals surface area contributed by atoms with Crippen LogP contribution in [0, 0.1) is 5.92 Å². The fourth-order valence-corrected chi connectivity index (χ4v) is 1.88. The van der Waals surface area contributed by atoms with Crippen LogP contribution in [-0.2, 0) is 6.42 Å². The number of hydrogen-bond acceptors (Lipinski definition) is 2. The maximum absolute atomic E-state index is 12.1. The average molecular weight is 212 g/mol. The Kier molecular flexibility index (Phi) is 2.42. The second-order valence-electron chi connectivity index (χ2n) is 3.63. The van der Waals surface area contributed by atoms with E-state index in [0.717, 1.165) is 0 Å². The monoisotopic (exact) mass is 212 g/mol. The van der Waals surface area contributed by atoms with E-state index in [0.29, 0.717) is 17.5 Å². The summed E-state index contributed by atoms with van der Waals surface area (Å²) in [5.41, 5.74) is 1.12. The van der Waals surface area contributed by atoms with Gasteiger partial charge in [0.2, 0.25) is 0 Å². The molecule has 1 atom stereocenters. The summed E-state index contributed by atoms with van der Waals surface area (Å²) < 4.78 is 28.5. The molecular weight excluding hydrogens is 202 g/mol. The highest BCUT2D eigenvalue weighted by Crippen LogP contribution is 2.34. The van der Waals surface area contributed by atoms with Crippen LogP contribution < -0.4 is 4.74 Å². The molecule has 1 aromatic carbocycles. The molecule has 0 N–H and O–H groups in total. The van der Waals surface area contributed by atoms with Crippen molar-refractivity contribution < 1.29 is 18.3 Å². The fraction of sp³-hybridized carbons (Fsp3) is 0.364. The number of ether oxygens (including phenoxy) is 1. The van der Waals surface area contributed by atoms with Gasteiger partial charge in [0.1, 0.15) is 5.75 Å². The highest BCUT2D eigenvalue weighted by Gasteiger charge is 2.29. The van der Waals surface area contributed by atoms with Crippen molar-refractivity contribution >= 4 is 5.78 Å². The Morgan fingerprint density at radius 3 is 2.87 bits per heavy atom. The molecule has 0 aliphatic heterocycles. The van der Waals surface area contributed by atoms with Gasteiger partial charge >= 0.3 is 6.61 Å². The molecule has 0 spiro atoms. The molecule has 4 heteroatoms. The molecule has 1 aromatic rings. The van der Waals surface area contributed by atoms with Gasteiger partial charge < -0.3 is 4.74 Å². The number of Topliss-reactive ketones (excluding diaryl/α,β-unsaturated/α-hetero) is 1. The second kappa shape index (κ2) is 3.61. The molecule has 1 aliphatic rings. The highest BCUT2D eigenvalue weighted by atomic mass is 19.3. The largest absolute Gasteiger partial charge is 0.435 e. The van der Waals surface area contributed by atoms with Crippen molar-refractivity contribution in [2.24, 2.45) is 5.92 Å². The molecule has 1 unspecified atom stereocenters. The summed E-state index contributed by atoms with van der Waals surface area (Å²) in [4.78, 5) is 11.6. The van der Waals surface area contributed by atoms with Gasteiger partial charge in [-0.05, 0) is 12.5 Å². The zero-order chi connectivity index (χ0) is 11.0. The van der Waals surface area contributed by atoms with E-state index in [1.807, 2.05) is 0 Å². The van der Waals surface area contributed by atoms with Gasteiger partial charge in [-0.1, -0.05) is 19.1 Å². The molecule has 1 aliphatic carbocycles. The molecule has 2 rings (SSSR count). The Balaban J connectivity index is 2.40. The lowest BCUT2D eigenvalue weighted by Crippen LogP contribution is -2.04. The van der Waals surface area contributed by atoms with Crippen molar-refractivity contribution in [3.8, 4) is 5.75 Å². The molecular formula is C11H10F2O2. The minimum atomic E-state index is -2.84. The normalized spacial score (nSPS) is 19.5. The molecule has 15 heavy (non-hydrogen) atoms. The lowest BCUT2D eigenvalue weighted by Gasteiger charge is -2.08. The van der Waals surface area contributed by atoms with Crippen molar-refractivity contribution in [1.82, 2.24) is 0 Å². The van der Waals surface area contributed by atoms with Crippen molar-refractivity contribution in [2.45, 2.75) is 20.0 Å². The van der Waals surface area contributed by atoms with Crippen LogP contribution in [0.3, 0.4) is 0 Å². The molecule has 0 aromatic heterocycles. The van der Waals surface area contributed by atoms with Gasteiger partial charge in [-0.15, -0.1) is 0 Å². The van der Waals surface area contributed by atoms with E-state index < -0.39 is 6.61 Å². The third-order valence-electron chi connectivity index (χ3n) is 2.57.